The Morgan fingerprint density at radius 1 is 1.14 bits per heavy atom. The fraction of sp³-hybridized carbons (Fsp3) is 0.385. The average Bonchev–Trinajstić information content (AvgIpc) is 3.29. The number of carbonyl (C=O) groups excluding carboxylic acids is 1. The maximum atomic E-state index is 13.5. The van der Waals surface area contributed by atoms with Crippen LogP contribution in [0.4, 0.5) is 11.4 Å². The summed E-state index contributed by atoms with van der Waals surface area (Å²) in [6.07, 6.45) is 9.27. The van der Waals surface area contributed by atoms with Gasteiger partial charge in [-0.1, -0.05) is 13.0 Å². The van der Waals surface area contributed by atoms with Crippen LogP contribution in [0.15, 0.2) is 43.0 Å². The fourth-order valence-electron chi connectivity index (χ4n) is 5.16. The number of nitrogens with one attached hydrogen (secondary N) is 1. The molecule has 1 amide bonds. The van der Waals surface area contributed by atoms with Gasteiger partial charge in [-0.15, -0.1) is 5.10 Å². The van der Waals surface area contributed by atoms with Crippen LogP contribution in [-0.4, -0.2) is 60.3 Å². The van der Waals surface area contributed by atoms with Crippen LogP contribution in [0.3, 0.4) is 0 Å². The van der Waals surface area contributed by atoms with Gasteiger partial charge in [-0.2, -0.15) is 0 Å². The van der Waals surface area contributed by atoms with Crippen molar-refractivity contribution in [3.8, 4) is 22.8 Å². The van der Waals surface area contributed by atoms with Gasteiger partial charge >= 0.3 is 0 Å². The first-order valence-electron chi connectivity index (χ1n) is 12.8. The number of hydrogen-bond donors (Lipinski definition) is 1. The zero-order valence-electron chi connectivity index (χ0n) is 20.5. The van der Waals surface area contributed by atoms with E-state index in [0.29, 0.717) is 47.9 Å². The number of para-hydroxylation sites is 1. The largest absolute Gasteiger partial charge is 0.489 e. The molecule has 1 N–H and O–H groups in total. The van der Waals surface area contributed by atoms with Crippen LogP contribution in [0.5, 0.6) is 5.75 Å². The first kappa shape index (κ1) is 22.0. The van der Waals surface area contributed by atoms with Crippen molar-refractivity contribution in [2.45, 2.75) is 38.6 Å². The minimum atomic E-state index is -0.314. The third kappa shape index (κ3) is 4.00. The third-order valence-electron chi connectivity index (χ3n) is 7.32. The molecule has 0 spiro atoms. The van der Waals surface area contributed by atoms with Gasteiger partial charge in [0.1, 0.15) is 12.3 Å². The van der Waals surface area contributed by atoms with E-state index in [2.05, 4.69) is 48.8 Å². The molecule has 11 heteroatoms. The summed E-state index contributed by atoms with van der Waals surface area (Å²) in [4.78, 5) is 25.0. The van der Waals surface area contributed by atoms with Crippen LogP contribution >= 0.6 is 0 Å². The quantitative estimate of drug-likeness (QED) is 0.447. The van der Waals surface area contributed by atoms with Crippen molar-refractivity contribution >= 4 is 17.3 Å². The molecule has 1 saturated heterocycles. The van der Waals surface area contributed by atoms with Crippen molar-refractivity contribution in [3.05, 3.63) is 54.4 Å². The molecule has 1 saturated carbocycles. The number of tetrazole rings is 1. The van der Waals surface area contributed by atoms with Gasteiger partial charge < -0.3 is 19.5 Å². The van der Waals surface area contributed by atoms with Crippen LogP contribution in [-0.2, 0) is 6.54 Å². The molecule has 2 fully saturated rings. The first-order chi connectivity index (χ1) is 18.1. The van der Waals surface area contributed by atoms with Crippen molar-refractivity contribution in [3.63, 3.8) is 0 Å². The van der Waals surface area contributed by atoms with E-state index < -0.39 is 0 Å². The van der Waals surface area contributed by atoms with Gasteiger partial charge in [-0.25, -0.2) is 14.6 Å². The summed E-state index contributed by atoms with van der Waals surface area (Å²) in [6, 6.07) is 7.41. The Morgan fingerprint density at radius 3 is 2.89 bits per heavy atom. The number of imidazole rings is 1. The number of rotatable bonds is 5. The van der Waals surface area contributed by atoms with Crippen molar-refractivity contribution in [2.75, 3.05) is 29.9 Å². The summed E-state index contributed by atoms with van der Waals surface area (Å²) < 4.78 is 9.72. The summed E-state index contributed by atoms with van der Waals surface area (Å²) >= 11 is 0. The molecule has 3 aromatic heterocycles. The number of fused-ring (bicyclic) bond motifs is 3. The van der Waals surface area contributed by atoms with Crippen molar-refractivity contribution in [1.82, 2.24) is 34.7 Å². The van der Waals surface area contributed by atoms with Crippen LogP contribution in [0, 0.1) is 5.92 Å². The van der Waals surface area contributed by atoms with E-state index in [1.165, 1.54) is 12.8 Å². The molecule has 1 aliphatic carbocycles. The monoisotopic (exact) mass is 497 g/mol. The highest BCUT2D eigenvalue weighted by molar-refractivity contribution is 6.05. The van der Waals surface area contributed by atoms with Crippen molar-refractivity contribution in [2.24, 2.45) is 5.92 Å². The number of pyridine rings is 1. The fourth-order valence-corrected chi connectivity index (χ4v) is 5.16. The highest BCUT2D eigenvalue weighted by Gasteiger charge is 2.28. The number of anilines is 2. The summed E-state index contributed by atoms with van der Waals surface area (Å²) in [5.74, 6) is 2.02. The topological polar surface area (TPSA) is 116 Å². The zero-order chi connectivity index (χ0) is 24.9. The van der Waals surface area contributed by atoms with Gasteiger partial charge in [0.2, 0.25) is 0 Å². The van der Waals surface area contributed by atoms with Crippen molar-refractivity contribution in [1.29, 1.82) is 0 Å². The number of nitrogens with zero attached hydrogens (tertiary/aromatic N) is 8. The Labute approximate surface area is 213 Å². The normalized spacial score (nSPS) is 18.6. The van der Waals surface area contributed by atoms with Crippen LogP contribution in [0.25, 0.3) is 17.1 Å². The van der Waals surface area contributed by atoms with E-state index in [1.807, 2.05) is 41.4 Å². The average molecular weight is 498 g/mol. The standard InChI is InChI=1S/C26H27N9O2/c1-16-7-8-33(13-16)23-12-27-20(11-22(23)34-14-21(28-15-34)17-5-6-17)26(36)29-19-4-2-3-18-24(19)37-10-9-35-25(18)30-31-32-35/h2-4,11-12,14-17H,5-10,13H2,1H3,(H,29,36)/t16-/m0/s1. The predicted molar refractivity (Wildman–Crippen MR) is 136 cm³/mol. The maximum Gasteiger partial charge on any atom is 0.274 e. The number of aromatic nitrogens is 7. The molecule has 5 heterocycles. The molecule has 3 aliphatic rings. The molecule has 37 heavy (non-hydrogen) atoms. The molecule has 188 valence electrons. The van der Waals surface area contributed by atoms with E-state index in [9.17, 15) is 4.79 Å². The number of hydrogen-bond acceptors (Lipinski definition) is 8. The number of amides is 1. The lowest BCUT2D eigenvalue weighted by Crippen LogP contribution is -2.22. The second-order valence-corrected chi connectivity index (χ2v) is 10.1. The molecule has 4 aromatic rings. The smallest absolute Gasteiger partial charge is 0.274 e. The molecule has 0 unspecified atom stereocenters. The van der Waals surface area contributed by atoms with E-state index in [-0.39, 0.29) is 5.91 Å². The van der Waals surface area contributed by atoms with Crippen molar-refractivity contribution < 1.29 is 9.53 Å². The van der Waals surface area contributed by atoms with E-state index in [4.69, 9.17) is 4.74 Å². The van der Waals surface area contributed by atoms with E-state index in [0.717, 1.165) is 42.1 Å². The third-order valence-corrected chi connectivity index (χ3v) is 7.32. The van der Waals surface area contributed by atoms with Crippen LogP contribution in [0.2, 0.25) is 0 Å². The molecule has 7 rings (SSSR count). The molecular formula is C26H27N9O2. The van der Waals surface area contributed by atoms with Gasteiger partial charge in [-0.05, 0) is 53.8 Å². The second-order valence-electron chi connectivity index (χ2n) is 10.1. The zero-order valence-corrected chi connectivity index (χ0v) is 20.5. The second kappa shape index (κ2) is 8.68. The molecule has 11 nitrogen and oxygen atoms in total. The summed E-state index contributed by atoms with van der Waals surface area (Å²) in [6.45, 7) is 5.13. The van der Waals surface area contributed by atoms with Gasteiger partial charge in [0.05, 0.1) is 47.4 Å². The lowest BCUT2D eigenvalue weighted by Gasteiger charge is -2.22. The van der Waals surface area contributed by atoms with Crippen LogP contribution in [0.1, 0.15) is 48.3 Å². The summed E-state index contributed by atoms with van der Waals surface area (Å²) in [7, 11) is 0. The summed E-state index contributed by atoms with van der Waals surface area (Å²) in [5, 5.41) is 14.9. The Bertz CT molecular complexity index is 1490. The maximum absolute atomic E-state index is 13.5. The number of benzene rings is 1. The lowest BCUT2D eigenvalue weighted by molar-refractivity contribution is 0.102. The van der Waals surface area contributed by atoms with Crippen LogP contribution < -0.4 is 15.0 Å². The Balaban J connectivity index is 1.23. The lowest BCUT2D eigenvalue weighted by atomic mass is 10.1. The van der Waals surface area contributed by atoms with Gasteiger partial charge in [0, 0.05) is 25.2 Å². The minimum Gasteiger partial charge on any atom is -0.489 e. The Morgan fingerprint density at radius 2 is 2.05 bits per heavy atom. The highest BCUT2D eigenvalue weighted by atomic mass is 16.5. The predicted octanol–water partition coefficient (Wildman–Crippen LogP) is 3.29. The first-order valence-corrected chi connectivity index (χ1v) is 12.8. The van der Waals surface area contributed by atoms with Gasteiger partial charge in [0.15, 0.2) is 11.6 Å². The Hall–Kier alpha value is -4.28. The Kier molecular flexibility index (Phi) is 5.15. The van der Waals surface area contributed by atoms with E-state index >= 15 is 0 Å². The molecule has 0 bridgehead atoms. The minimum absolute atomic E-state index is 0.314. The number of ether oxygens (including phenoxy) is 1. The molecular weight excluding hydrogens is 470 g/mol. The van der Waals surface area contributed by atoms with E-state index in [1.54, 1.807) is 4.68 Å². The number of carbonyl (C=O) groups is 1. The molecule has 2 aliphatic heterocycles. The molecule has 1 aromatic carbocycles. The highest BCUT2D eigenvalue weighted by Crippen LogP contribution is 2.40. The van der Waals surface area contributed by atoms with Gasteiger partial charge in [0.25, 0.3) is 5.91 Å². The molecule has 1 atom stereocenters. The SMILES string of the molecule is C[C@H]1CCN(c2cnc(C(=O)Nc3cccc4c3OCCn3nnnc3-4)cc2-n2cnc(C3CC3)c2)C1. The molecule has 0 radical (unpaired) electrons. The summed E-state index contributed by atoms with van der Waals surface area (Å²) in [5.41, 5.74) is 4.65. The van der Waals surface area contributed by atoms with Gasteiger partial charge in [-0.3, -0.25) is 4.79 Å².